The predicted molar refractivity (Wildman–Crippen MR) is 125 cm³/mol. The lowest BCUT2D eigenvalue weighted by atomic mass is 10.2. The van der Waals surface area contributed by atoms with Crippen molar-refractivity contribution in [3.8, 4) is 5.75 Å². The molecule has 0 bridgehead atoms. The van der Waals surface area contributed by atoms with Crippen LogP contribution in [-0.4, -0.2) is 42.9 Å². The minimum absolute atomic E-state index is 0.0936. The van der Waals surface area contributed by atoms with Crippen LogP contribution in [0.5, 0.6) is 5.75 Å². The van der Waals surface area contributed by atoms with Gasteiger partial charge in [0.05, 0.1) is 17.8 Å². The summed E-state index contributed by atoms with van der Waals surface area (Å²) >= 11 is 6.07. The average molecular weight is 472 g/mol. The average Bonchev–Trinajstić information content (AvgIpc) is 3.36. The number of amides is 1. The quantitative estimate of drug-likeness (QED) is 0.509. The third-order valence-corrected chi connectivity index (χ3v) is 5.55. The van der Waals surface area contributed by atoms with E-state index < -0.39 is 11.7 Å². The van der Waals surface area contributed by atoms with Crippen molar-refractivity contribution in [2.45, 2.75) is 19.1 Å². The Balaban J connectivity index is 1.65. The Morgan fingerprint density at radius 2 is 2.06 bits per heavy atom. The first kappa shape index (κ1) is 22.8. The van der Waals surface area contributed by atoms with Gasteiger partial charge in [0.1, 0.15) is 29.2 Å². The number of anilines is 4. The van der Waals surface area contributed by atoms with E-state index in [1.165, 1.54) is 24.4 Å². The molecule has 0 aliphatic carbocycles. The molecule has 1 atom stereocenters. The zero-order valence-corrected chi connectivity index (χ0v) is 18.9. The molecule has 172 valence electrons. The molecule has 1 aromatic heterocycles. The fourth-order valence-corrected chi connectivity index (χ4v) is 3.68. The Kier molecular flexibility index (Phi) is 6.90. The molecule has 8 nitrogen and oxygen atoms in total. The molecule has 1 amide bonds. The van der Waals surface area contributed by atoms with Gasteiger partial charge in [-0.3, -0.25) is 4.79 Å². The van der Waals surface area contributed by atoms with Crippen LogP contribution in [0.3, 0.4) is 0 Å². The first-order valence-electron chi connectivity index (χ1n) is 10.3. The molecule has 33 heavy (non-hydrogen) atoms. The minimum atomic E-state index is -0.636. The molecule has 2 N–H and O–H groups in total. The molecule has 1 saturated heterocycles. The molecule has 3 aromatic rings. The second-order valence-electron chi connectivity index (χ2n) is 7.41. The third kappa shape index (κ3) is 5.15. The largest absolute Gasteiger partial charge is 0.497 e. The zero-order valence-electron chi connectivity index (χ0n) is 18.1. The number of rotatable bonds is 7. The maximum Gasteiger partial charge on any atom is 0.261 e. The van der Waals surface area contributed by atoms with Crippen LogP contribution in [0.1, 0.15) is 23.2 Å². The monoisotopic (exact) mass is 471 g/mol. The maximum absolute atomic E-state index is 14.2. The highest BCUT2D eigenvalue weighted by molar-refractivity contribution is 6.34. The van der Waals surface area contributed by atoms with E-state index in [9.17, 15) is 9.18 Å². The van der Waals surface area contributed by atoms with Crippen LogP contribution in [0.4, 0.5) is 27.5 Å². The molecule has 0 radical (unpaired) electrons. The van der Waals surface area contributed by atoms with E-state index in [1.807, 2.05) is 24.3 Å². The van der Waals surface area contributed by atoms with Crippen LogP contribution >= 0.6 is 11.6 Å². The molecular weight excluding hydrogens is 449 g/mol. The fourth-order valence-electron chi connectivity index (χ4n) is 3.47. The summed E-state index contributed by atoms with van der Waals surface area (Å²) in [5, 5.41) is 5.75. The van der Waals surface area contributed by atoms with Crippen LogP contribution in [0.25, 0.3) is 0 Å². The highest BCUT2D eigenvalue weighted by Crippen LogP contribution is 2.29. The van der Waals surface area contributed by atoms with Crippen LogP contribution in [0, 0.1) is 5.82 Å². The number of aromatic nitrogens is 2. The minimum Gasteiger partial charge on any atom is -0.497 e. The number of benzene rings is 2. The summed E-state index contributed by atoms with van der Waals surface area (Å²) in [6.45, 7) is 0.628. The lowest BCUT2D eigenvalue weighted by Crippen LogP contribution is -2.33. The van der Waals surface area contributed by atoms with Crippen LogP contribution in [0.2, 0.25) is 5.02 Å². The van der Waals surface area contributed by atoms with Crippen molar-refractivity contribution in [2.75, 3.05) is 36.3 Å². The van der Waals surface area contributed by atoms with Gasteiger partial charge in [-0.05, 0) is 49.2 Å². The smallest absolute Gasteiger partial charge is 0.261 e. The van der Waals surface area contributed by atoms with Crippen LogP contribution < -0.4 is 20.3 Å². The summed E-state index contributed by atoms with van der Waals surface area (Å²) in [5.74, 6) is 0.138. The number of carbonyl (C=O) groups excluding carboxylic acids is 1. The first-order chi connectivity index (χ1) is 16.0. The molecule has 2 heterocycles. The number of nitrogens with zero attached hydrogens (tertiary/aromatic N) is 3. The maximum atomic E-state index is 14.2. The zero-order chi connectivity index (χ0) is 23.4. The van der Waals surface area contributed by atoms with Gasteiger partial charge in [-0.2, -0.15) is 4.98 Å². The van der Waals surface area contributed by atoms with Crippen LogP contribution in [0.15, 0.2) is 48.7 Å². The Labute approximate surface area is 195 Å². The van der Waals surface area contributed by atoms with E-state index in [2.05, 4.69) is 20.6 Å². The number of nitrogens with one attached hydrogen (secondary N) is 2. The molecule has 0 spiro atoms. The summed E-state index contributed by atoms with van der Waals surface area (Å²) < 4.78 is 25.1. The molecule has 1 aliphatic heterocycles. The standard InChI is InChI=1S/C23H23ClFN5O3/c1-30(19-7-4-12-33-19)21-16(22(31)28-20-17(24)5-3-6-18(20)25)13-26-23(29-21)27-14-8-10-15(32-2)11-9-14/h3,5-6,8-11,13,19H,4,7,12H2,1-2H3,(H,28,31)(H,26,27,29). The van der Waals surface area contributed by atoms with Gasteiger partial charge < -0.3 is 25.0 Å². The molecule has 10 heteroatoms. The van der Waals surface area contributed by atoms with Crippen LogP contribution in [-0.2, 0) is 4.74 Å². The molecule has 2 aromatic carbocycles. The van der Waals surface area contributed by atoms with E-state index >= 15 is 0 Å². The second kappa shape index (κ2) is 10.0. The van der Waals surface area contributed by atoms with Crippen molar-refractivity contribution in [1.29, 1.82) is 0 Å². The van der Waals surface area contributed by atoms with Crippen molar-refractivity contribution in [3.63, 3.8) is 0 Å². The molecule has 4 rings (SSSR count). The molecule has 1 unspecified atom stereocenters. The number of hydrogen-bond acceptors (Lipinski definition) is 7. The van der Waals surface area contributed by atoms with Gasteiger partial charge in [0.15, 0.2) is 0 Å². The van der Waals surface area contributed by atoms with Gasteiger partial charge in [-0.1, -0.05) is 17.7 Å². The number of carbonyl (C=O) groups is 1. The van der Waals surface area contributed by atoms with Gasteiger partial charge in [-0.15, -0.1) is 0 Å². The Morgan fingerprint density at radius 1 is 1.27 bits per heavy atom. The summed E-state index contributed by atoms with van der Waals surface area (Å²) in [4.78, 5) is 23.7. The molecule has 0 saturated carbocycles. The highest BCUT2D eigenvalue weighted by Gasteiger charge is 2.27. The van der Waals surface area contributed by atoms with E-state index in [4.69, 9.17) is 21.1 Å². The third-order valence-electron chi connectivity index (χ3n) is 5.23. The number of halogens is 2. The van der Waals surface area contributed by atoms with E-state index in [0.717, 1.165) is 24.3 Å². The van der Waals surface area contributed by atoms with Crippen molar-refractivity contribution < 1.29 is 18.7 Å². The summed E-state index contributed by atoms with van der Waals surface area (Å²) in [6.07, 6.45) is 2.85. The topological polar surface area (TPSA) is 88.6 Å². The van der Waals surface area contributed by atoms with Crippen molar-refractivity contribution in [1.82, 2.24) is 9.97 Å². The molecule has 1 aliphatic rings. The Hall–Kier alpha value is -3.43. The highest BCUT2D eigenvalue weighted by atomic mass is 35.5. The fraction of sp³-hybridized carbons (Fsp3) is 0.261. The van der Waals surface area contributed by atoms with Gasteiger partial charge in [0.2, 0.25) is 5.95 Å². The number of para-hydroxylation sites is 1. The van der Waals surface area contributed by atoms with Crippen molar-refractivity contribution >= 4 is 40.6 Å². The second-order valence-corrected chi connectivity index (χ2v) is 7.82. The van der Waals surface area contributed by atoms with Crippen molar-refractivity contribution in [2.24, 2.45) is 0 Å². The summed E-state index contributed by atoms with van der Waals surface area (Å²) in [7, 11) is 3.39. The van der Waals surface area contributed by atoms with Gasteiger partial charge in [-0.25, -0.2) is 9.37 Å². The lowest BCUT2D eigenvalue weighted by molar-refractivity contribution is 0.102. The first-order valence-corrected chi connectivity index (χ1v) is 10.7. The van der Waals surface area contributed by atoms with Gasteiger partial charge in [0.25, 0.3) is 5.91 Å². The molecule has 1 fully saturated rings. The number of ether oxygens (including phenoxy) is 2. The Bertz CT molecular complexity index is 1120. The summed E-state index contributed by atoms with van der Waals surface area (Å²) in [5.41, 5.74) is 0.805. The molecular formula is C23H23ClFN5O3. The number of methoxy groups -OCH3 is 1. The normalized spacial score (nSPS) is 15.2. The van der Waals surface area contributed by atoms with Gasteiger partial charge >= 0.3 is 0 Å². The Morgan fingerprint density at radius 3 is 2.73 bits per heavy atom. The SMILES string of the molecule is COc1ccc(Nc2ncc(C(=O)Nc3c(F)cccc3Cl)c(N(C)C3CCCO3)n2)cc1. The van der Waals surface area contributed by atoms with E-state index in [-0.39, 0.29) is 22.5 Å². The van der Waals surface area contributed by atoms with Gasteiger partial charge in [0, 0.05) is 25.5 Å². The predicted octanol–water partition coefficient (Wildman–Crippen LogP) is 4.85. The van der Waals surface area contributed by atoms with Crippen molar-refractivity contribution in [3.05, 3.63) is 65.1 Å². The van der Waals surface area contributed by atoms with E-state index in [1.54, 1.807) is 19.1 Å². The lowest BCUT2D eigenvalue weighted by Gasteiger charge is -2.26. The van der Waals surface area contributed by atoms with E-state index in [0.29, 0.717) is 18.4 Å². The summed E-state index contributed by atoms with van der Waals surface area (Å²) in [6, 6.07) is 11.5. The number of hydrogen-bond donors (Lipinski definition) is 2.